The molecule has 0 aliphatic heterocycles. The van der Waals surface area contributed by atoms with Gasteiger partial charge < -0.3 is 15.6 Å². The summed E-state index contributed by atoms with van der Waals surface area (Å²) < 4.78 is 5.69. The summed E-state index contributed by atoms with van der Waals surface area (Å²) >= 11 is 3.35. The molecular formula is C10H10BrN3O. The minimum atomic E-state index is 0.600. The highest BCUT2D eigenvalue weighted by atomic mass is 79.9. The average molecular weight is 268 g/mol. The van der Waals surface area contributed by atoms with Crippen LogP contribution in [0, 0.1) is 0 Å². The largest absolute Gasteiger partial charge is 0.397 e. The van der Waals surface area contributed by atoms with Crippen LogP contribution in [0.3, 0.4) is 0 Å². The van der Waals surface area contributed by atoms with Gasteiger partial charge in [0, 0.05) is 10.5 Å². The molecule has 4 nitrogen and oxygen atoms in total. The number of nitrogen functional groups attached to an aromatic ring is 1. The van der Waals surface area contributed by atoms with Gasteiger partial charge >= 0.3 is 0 Å². The van der Waals surface area contributed by atoms with Crippen LogP contribution in [0.15, 0.2) is 39.5 Å². The van der Waals surface area contributed by atoms with Crippen molar-refractivity contribution in [2.75, 3.05) is 11.1 Å². The highest BCUT2D eigenvalue weighted by molar-refractivity contribution is 9.10. The van der Waals surface area contributed by atoms with E-state index in [4.69, 9.17) is 10.3 Å². The minimum Gasteiger partial charge on any atom is -0.397 e. The van der Waals surface area contributed by atoms with E-state index < -0.39 is 0 Å². The molecule has 0 bridgehead atoms. The Morgan fingerprint density at radius 3 is 2.93 bits per heavy atom. The van der Waals surface area contributed by atoms with Gasteiger partial charge in [0.25, 0.3) is 0 Å². The molecule has 2 rings (SSSR count). The zero-order valence-corrected chi connectivity index (χ0v) is 9.49. The summed E-state index contributed by atoms with van der Waals surface area (Å²) in [5, 5.41) is 6.97. The number of nitrogens with two attached hydrogens (primary N) is 1. The molecule has 1 aromatic carbocycles. The highest BCUT2D eigenvalue weighted by Gasteiger charge is 2.00. The molecule has 0 aliphatic carbocycles. The molecule has 0 saturated heterocycles. The predicted octanol–water partition coefficient (Wildman–Crippen LogP) is 2.63. The first-order chi connectivity index (χ1) is 7.25. The first kappa shape index (κ1) is 10.0. The molecular weight excluding hydrogens is 258 g/mol. The Labute approximate surface area is 95.6 Å². The summed E-state index contributed by atoms with van der Waals surface area (Å²) in [6.07, 6.45) is 1.54. The van der Waals surface area contributed by atoms with Crippen LogP contribution < -0.4 is 11.1 Å². The third-order valence-corrected chi connectivity index (χ3v) is 2.46. The maximum atomic E-state index is 5.82. The van der Waals surface area contributed by atoms with Gasteiger partial charge in [0.2, 0.25) is 0 Å². The molecule has 78 valence electrons. The lowest BCUT2D eigenvalue weighted by molar-refractivity contribution is 0.412. The van der Waals surface area contributed by atoms with Crippen LogP contribution in [-0.2, 0) is 6.54 Å². The van der Waals surface area contributed by atoms with E-state index in [-0.39, 0.29) is 0 Å². The fourth-order valence-electron chi connectivity index (χ4n) is 1.21. The molecule has 2 aromatic rings. The van der Waals surface area contributed by atoms with Crippen LogP contribution in [0.25, 0.3) is 0 Å². The topological polar surface area (TPSA) is 64.1 Å². The molecule has 3 N–H and O–H groups in total. The van der Waals surface area contributed by atoms with Gasteiger partial charge in [-0.2, -0.15) is 0 Å². The lowest BCUT2D eigenvalue weighted by Crippen LogP contribution is -2.02. The van der Waals surface area contributed by atoms with E-state index in [1.165, 1.54) is 0 Å². The molecule has 0 radical (unpaired) electrons. The second-order valence-electron chi connectivity index (χ2n) is 3.08. The van der Waals surface area contributed by atoms with Crippen LogP contribution in [0.2, 0.25) is 0 Å². The number of hydrogen-bond acceptors (Lipinski definition) is 4. The maximum Gasteiger partial charge on any atom is 0.124 e. The summed E-state index contributed by atoms with van der Waals surface area (Å²) in [5.41, 5.74) is 8.26. The first-order valence-corrected chi connectivity index (χ1v) is 5.23. The van der Waals surface area contributed by atoms with Crippen LogP contribution in [0.4, 0.5) is 11.4 Å². The van der Waals surface area contributed by atoms with Crippen LogP contribution in [0.1, 0.15) is 5.69 Å². The van der Waals surface area contributed by atoms with Crippen molar-refractivity contribution in [2.45, 2.75) is 6.54 Å². The summed E-state index contributed by atoms with van der Waals surface area (Å²) in [5.74, 6) is 0. The molecule has 0 spiro atoms. The van der Waals surface area contributed by atoms with Crippen molar-refractivity contribution in [3.05, 3.63) is 40.7 Å². The van der Waals surface area contributed by atoms with Crippen molar-refractivity contribution >= 4 is 27.3 Å². The molecule has 0 atom stereocenters. The van der Waals surface area contributed by atoms with E-state index >= 15 is 0 Å². The summed E-state index contributed by atoms with van der Waals surface area (Å²) in [6, 6.07) is 7.51. The summed E-state index contributed by atoms with van der Waals surface area (Å²) in [7, 11) is 0. The number of hydrogen-bond donors (Lipinski definition) is 2. The number of nitrogens with zero attached hydrogens (tertiary/aromatic N) is 1. The molecule has 0 unspecified atom stereocenters. The molecule has 1 aromatic heterocycles. The highest BCUT2D eigenvalue weighted by Crippen LogP contribution is 2.23. The average Bonchev–Trinajstić information content (AvgIpc) is 2.69. The molecule has 0 amide bonds. The quantitative estimate of drug-likeness (QED) is 0.840. The molecule has 0 saturated carbocycles. The number of halogens is 1. The number of aromatic nitrogens is 1. The van der Waals surface area contributed by atoms with E-state index in [1.54, 1.807) is 6.26 Å². The van der Waals surface area contributed by atoms with Gasteiger partial charge in [0.15, 0.2) is 0 Å². The lowest BCUT2D eigenvalue weighted by Gasteiger charge is -2.07. The van der Waals surface area contributed by atoms with Crippen molar-refractivity contribution in [3.63, 3.8) is 0 Å². The molecule has 5 heteroatoms. The van der Waals surface area contributed by atoms with Gasteiger partial charge in [-0.15, -0.1) is 0 Å². The van der Waals surface area contributed by atoms with Gasteiger partial charge in [-0.1, -0.05) is 21.1 Å². The first-order valence-electron chi connectivity index (χ1n) is 4.44. The Morgan fingerprint density at radius 2 is 2.27 bits per heavy atom. The predicted molar refractivity (Wildman–Crippen MR) is 62.4 cm³/mol. The molecule has 0 aliphatic rings. The fourth-order valence-corrected chi connectivity index (χ4v) is 1.59. The Balaban J connectivity index is 2.05. The van der Waals surface area contributed by atoms with E-state index in [0.717, 1.165) is 15.9 Å². The molecule has 1 heterocycles. The Kier molecular flexibility index (Phi) is 2.91. The molecule has 0 fully saturated rings. The van der Waals surface area contributed by atoms with Crippen molar-refractivity contribution < 1.29 is 4.52 Å². The third kappa shape index (κ3) is 2.50. The lowest BCUT2D eigenvalue weighted by atomic mass is 10.2. The smallest absolute Gasteiger partial charge is 0.124 e. The number of rotatable bonds is 3. The fraction of sp³-hybridized carbons (Fsp3) is 0.100. The van der Waals surface area contributed by atoms with Crippen molar-refractivity contribution in [3.8, 4) is 0 Å². The van der Waals surface area contributed by atoms with E-state index in [2.05, 4.69) is 26.4 Å². The Morgan fingerprint density at radius 1 is 1.40 bits per heavy atom. The van der Waals surface area contributed by atoms with Crippen LogP contribution >= 0.6 is 15.9 Å². The second kappa shape index (κ2) is 4.35. The van der Waals surface area contributed by atoms with Gasteiger partial charge in [-0.25, -0.2) is 0 Å². The standard InChI is InChI=1S/C10H10BrN3O/c11-7-1-2-10(9(12)5-7)13-6-8-3-4-15-14-8/h1-5,13H,6,12H2. The Hall–Kier alpha value is -1.49. The number of benzene rings is 1. The number of nitrogens with one attached hydrogen (secondary N) is 1. The molecule has 15 heavy (non-hydrogen) atoms. The van der Waals surface area contributed by atoms with E-state index in [1.807, 2.05) is 24.3 Å². The van der Waals surface area contributed by atoms with Crippen molar-refractivity contribution in [2.24, 2.45) is 0 Å². The normalized spacial score (nSPS) is 10.2. The monoisotopic (exact) mass is 267 g/mol. The maximum absolute atomic E-state index is 5.82. The Bertz CT molecular complexity index is 442. The van der Waals surface area contributed by atoms with Crippen molar-refractivity contribution in [1.29, 1.82) is 0 Å². The van der Waals surface area contributed by atoms with E-state index in [9.17, 15) is 0 Å². The van der Waals surface area contributed by atoms with Crippen LogP contribution in [-0.4, -0.2) is 5.16 Å². The van der Waals surface area contributed by atoms with Gasteiger partial charge in [0.1, 0.15) is 12.0 Å². The zero-order valence-electron chi connectivity index (χ0n) is 7.90. The SMILES string of the molecule is Nc1cc(Br)ccc1NCc1ccon1. The van der Waals surface area contributed by atoms with Crippen LogP contribution in [0.5, 0.6) is 0 Å². The summed E-state index contributed by atoms with van der Waals surface area (Å²) in [6.45, 7) is 0.600. The second-order valence-corrected chi connectivity index (χ2v) is 3.99. The number of anilines is 2. The van der Waals surface area contributed by atoms with E-state index in [0.29, 0.717) is 12.2 Å². The van der Waals surface area contributed by atoms with Gasteiger partial charge in [0.05, 0.1) is 17.9 Å². The van der Waals surface area contributed by atoms with Gasteiger partial charge in [-0.3, -0.25) is 0 Å². The van der Waals surface area contributed by atoms with Crippen molar-refractivity contribution in [1.82, 2.24) is 5.16 Å². The minimum absolute atomic E-state index is 0.600. The zero-order chi connectivity index (χ0) is 10.7. The third-order valence-electron chi connectivity index (χ3n) is 1.96. The summed E-state index contributed by atoms with van der Waals surface area (Å²) in [4.78, 5) is 0. The van der Waals surface area contributed by atoms with Gasteiger partial charge in [-0.05, 0) is 18.2 Å².